The molecule has 2 aromatic heterocycles. The number of carbonyl (C=O) groups excluding carboxylic acids is 1. The number of aliphatic hydroxyl groups is 1. The van der Waals surface area contributed by atoms with Crippen LogP contribution in [0.2, 0.25) is 0 Å². The summed E-state index contributed by atoms with van der Waals surface area (Å²) in [5.41, 5.74) is 0.881. The van der Waals surface area contributed by atoms with Crippen LogP contribution < -0.4 is 16.6 Å². The highest BCUT2D eigenvalue weighted by atomic mass is 19.1. The van der Waals surface area contributed by atoms with Gasteiger partial charge in [0.05, 0.1) is 6.54 Å². The number of fused-ring (bicyclic) bond motifs is 1. The first-order valence-electron chi connectivity index (χ1n) is 11.3. The molecule has 0 aliphatic heterocycles. The summed E-state index contributed by atoms with van der Waals surface area (Å²) < 4.78 is 16.7. The molecule has 0 radical (unpaired) electrons. The Morgan fingerprint density at radius 1 is 1.14 bits per heavy atom. The van der Waals surface area contributed by atoms with Crippen molar-refractivity contribution in [2.75, 3.05) is 11.9 Å². The van der Waals surface area contributed by atoms with E-state index in [1.54, 1.807) is 24.3 Å². The van der Waals surface area contributed by atoms with Crippen LogP contribution in [0.4, 0.5) is 10.1 Å². The van der Waals surface area contributed by atoms with E-state index in [-0.39, 0.29) is 42.3 Å². The van der Waals surface area contributed by atoms with Crippen molar-refractivity contribution in [2.45, 2.75) is 32.9 Å². The van der Waals surface area contributed by atoms with Gasteiger partial charge < -0.3 is 15.4 Å². The summed E-state index contributed by atoms with van der Waals surface area (Å²) in [7, 11) is 0. The van der Waals surface area contributed by atoms with Gasteiger partial charge in [-0.15, -0.1) is 0 Å². The number of hydrogen-bond donors (Lipinski definition) is 3. The van der Waals surface area contributed by atoms with Crippen LogP contribution in [0.15, 0.2) is 58.1 Å². The molecule has 0 aliphatic carbocycles. The molecule has 0 saturated carbocycles. The first-order chi connectivity index (χ1) is 16.9. The van der Waals surface area contributed by atoms with E-state index in [1.165, 1.54) is 16.7 Å². The molecule has 4 rings (SSSR count). The predicted molar refractivity (Wildman–Crippen MR) is 130 cm³/mol. The Balaban J connectivity index is 1.80. The van der Waals surface area contributed by atoms with E-state index in [9.17, 15) is 23.9 Å². The molecule has 35 heavy (non-hydrogen) atoms. The van der Waals surface area contributed by atoms with Crippen molar-refractivity contribution >= 4 is 23.3 Å². The lowest BCUT2D eigenvalue weighted by atomic mass is 10.1. The first kappa shape index (κ1) is 24.1. The molecule has 2 heterocycles. The topological polar surface area (TPSA) is 122 Å². The second kappa shape index (κ2) is 10.5. The van der Waals surface area contributed by atoms with Gasteiger partial charge in [-0.25, -0.2) is 14.2 Å². The van der Waals surface area contributed by atoms with E-state index in [0.29, 0.717) is 30.8 Å². The van der Waals surface area contributed by atoms with Crippen molar-refractivity contribution in [3.05, 3.63) is 92.1 Å². The number of H-pyrrole nitrogens is 1. The average Bonchev–Trinajstić information content (AvgIpc) is 3.28. The number of aromatic nitrogens is 4. The average molecular weight is 480 g/mol. The molecule has 0 saturated heterocycles. The zero-order valence-corrected chi connectivity index (χ0v) is 19.2. The number of imidazole rings is 1. The molecule has 3 N–H and O–H groups in total. The maximum atomic E-state index is 14.3. The molecule has 10 heteroatoms. The standard InChI is InChI=1S/C25H26FN5O4/c1-2-16(14-32)12-30-23-22(24(34)31(25(30)35)13-18-5-3-4-6-20(18)26)28-21(29-23)11-17-7-9-19(10-8-17)27-15-33/h3-10,15-16,32H,2,11-14H2,1H3,(H,27,33)(H,28,29). The third-order valence-corrected chi connectivity index (χ3v) is 6.02. The van der Waals surface area contributed by atoms with Gasteiger partial charge in [0.2, 0.25) is 6.41 Å². The minimum atomic E-state index is -0.611. The van der Waals surface area contributed by atoms with Crippen LogP contribution in [0.5, 0.6) is 0 Å². The number of anilines is 1. The molecule has 0 aliphatic rings. The number of amides is 1. The summed E-state index contributed by atoms with van der Waals surface area (Å²) in [5, 5.41) is 12.3. The van der Waals surface area contributed by atoms with Crippen LogP contribution in [-0.4, -0.2) is 37.2 Å². The molecular formula is C25H26FN5O4. The number of halogens is 1. The van der Waals surface area contributed by atoms with E-state index in [0.717, 1.165) is 10.1 Å². The summed E-state index contributed by atoms with van der Waals surface area (Å²) in [5.74, 6) is -0.250. The van der Waals surface area contributed by atoms with Gasteiger partial charge in [-0.1, -0.05) is 37.3 Å². The maximum absolute atomic E-state index is 14.3. The van der Waals surface area contributed by atoms with Crippen molar-refractivity contribution in [3.63, 3.8) is 0 Å². The van der Waals surface area contributed by atoms with Gasteiger partial charge >= 0.3 is 5.69 Å². The summed E-state index contributed by atoms with van der Waals surface area (Å²) >= 11 is 0. The first-order valence-corrected chi connectivity index (χ1v) is 11.3. The normalized spacial score (nSPS) is 12.1. The molecule has 1 atom stereocenters. The van der Waals surface area contributed by atoms with Crippen LogP contribution >= 0.6 is 0 Å². The maximum Gasteiger partial charge on any atom is 0.333 e. The van der Waals surface area contributed by atoms with Gasteiger partial charge in [-0.3, -0.25) is 18.7 Å². The fourth-order valence-corrected chi connectivity index (χ4v) is 3.95. The smallest absolute Gasteiger partial charge is 0.333 e. The lowest BCUT2D eigenvalue weighted by molar-refractivity contribution is -0.105. The molecule has 0 bridgehead atoms. The van der Waals surface area contributed by atoms with Gasteiger partial charge in [0.15, 0.2) is 5.65 Å². The molecule has 4 aromatic rings. The van der Waals surface area contributed by atoms with Crippen LogP contribution in [0.25, 0.3) is 11.2 Å². The number of nitrogens with zero attached hydrogens (tertiary/aromatic N) is 3. The largest absolute Gasteiger partial charge is 0.396 e. The second-order valence-corrected chi connectivity index (χ2v) is 8.35. The third kappa shape index (κ3) is 5.07. The van der Waals surface area contributed by atoms with Gasteiger partial charge in [0, 0.05) is 30.8 Å². The minimum absolute atomic E-state index is 0.130. The Morgan fingerprint density at radius 3 is 2.54 bits per heavy atom. The number of hydrogen-bond acceptors (Lipinski definition) is 5. The Morgan fingerprint density at radius 2 is 1.89 bits per heavy atom. The summed E-state index contributed by atoms with van der Waals surface area (Å²) in [6, 6.07) is 13.1. The molecule has 182 valence electrons. The van der Waals surface area contributed by atoms with Gasteiger partial charge in [0.25, 0.3) is 5.56 Å². The molecule has 1 amide bonds. The van der Waals surface area contributed by atoms with Gasteiger partial charge in [0.1, 0.15) is 17.2 Å². The summed E-state index contributed by atoms with van der Waals surface area (Å²) in [6.07, 6.45) is 1.57. The van der Waals surface area contributed by atoms with Crippen LogP contribution in [0.1, 0.15) is 30.3 Å². The highest BCUT2D eigenvalue weighted by Crippen LogP contribution is 2.16. The number of benzene rings is 2. The zero-order valence-electron chi connectivity index (χ0n) is 19.2. The van der Waals surface area contributed by atoms with Crippen molar-refractivity contribution < 1.29 is 14.3 Å². The number of rotatable bonds is 10. The van der Waals surface area contributed by atoms with E-state index in [1.807, 2.05) is 19.1 Å². The second-order valence-electron chi connectivity index (χ2n) is 8.35. The quantitative estimate of drug-likeness (QED) is 0.301. The van der Waals surface area contributed by atoms with Crippen LogP contribution in [-0.2, 0) is 24.3 Å². The predicted octanol–water partition coefficient (Wildman–Crippen LogP) is 2.25. The number of aliphatic hydroxyl groups excluding tert-OH is 1. The number of carbonyl (C=O) groups is 1. The minimum Gasteiger partial charge on any atom is -0.396 e. The van der Waals surface area contributed by atoms with E-state index in [2.05, 4.69) is 15.3 Å². The monoisotopic (exact) mass is 479 g/mol. The van der Waals surface area contributed by atoms with Crippen molar-refractivity contribution in [1.29, 1.82) is 0 Å². The lowest BCUT2D eigenvalue weighted by Crippen LogP contribution is -2.41. The van der Waals surface area contributed by atoms with E-state index < -0.39 is 17.1 Å². The van der Waals surface area contributed by atoms with Gasteiger partial charge in [-0.05, 0) is 36.1 Å². The molecule has 1 unspecified atom stereocenters. The Kier molecular flexibility index (Phi) is 7.21. The Labute approximate surface area is 199 Å². The Bertz CT molecular complexity index is 1450. The molecular weight excluding hydrogens is 453 g/mol. The molecule has 9 nitrogen and oxygen atoms in total. The van der Waals surface area contributed by atoms with Gasteiger partial charge in [-0.2, -0.15) is 0 Å². The lowest BCUT2D eigenvalue weighted by Gasteiger charge is -2.16. The highest BCUT2D eigenvalue weighted by molar-refractivity contribution is 5.71. The van der Waals surface area contributed by atoms with Crippen LogP contribution in [0, 0.1) is 11.7 Å². The fraction of sp³-hybridized carbons (Fsp3) is 0.280. The van der Waals surface area contributed by atoms with Crippen molar-refractivity contribution in [2.24, 2.45) is 5.92 Å². The summed E-state index contributed by atoms with van der Waals surface area (Å²) in [4.78, 5) is 44.9. The molecule has 0 fully saturated rings. The van der Waals surface area contributed by atoms with Crippen molar-refractivity contribution in [3.8, 4) is 0 Å². The zero-order chi connectivity index (χ0) is 24.9. The van der Waals surface area contributed by atoms with E-state index in [4.69, 9.17) is 0 Å². The third-order valence-electron chi connectivity index (χ3n) is 6.02. The van der Waals surface area contributed by atoms with Crippen LogP contribution in [0.3, 0.4) is 0 Å². The van der Waals surface area contributed by atoms with Crippen molar-refractivity contribution in [1.82, 2.24) is 19.1 Å². The molecule has 2 aromatic carbocycles. The fourth-order valence-electron chi connectivity index (χ4n) is 3.95. The highest BCUT2D eigenvalue weighted by Gasteiger charge is 2.20. The summed E-state index contributed by atoms with van der Waals surface area (Å²) in [6.45, 7) is 1.71. The number of nitrogens with one attached hydrogen (secondary N) is 2. The van der Waals surface area contributed by atoms with E-state index >= 15 is 0 Å². The Hall–Kier alpha value is -4.05. The number of aromatic amines is 1. The molecule has 0 spiro atoms. The SMILES string of the molecule is CCC(CO)Cn1c(=O)n(Cc2ccccc2F)c(=O)c2[nH]c(Cc3ccc(NC=O)cc3)nc21.